The van der Waals surface area contributed by atoms with E-state index in [4.69, 9.17) is 22.1 Å². The Bertz CT molecular complexity index is 433. The molecule has 0 saturated heterocycles. The lowest BCUT2D eigenvalue weighted by Gasteiger charge is -2.08. The van der Waals surface area contributed by atoms with E-state index in [0.29, 0.717) is 16.2 Å². The van der Waals surface area contributed by atoms with E-state index in [0.717, 1.165) is 17.1 Å². The summed E-state index contributed by atoms with van der Waals surface area (Å²) in [6.45, 7) is 0. The van der Waals surface area contributed by atoms with Gasteiger partial charge >= 0.3 is 0 Å². The van der Waals surface area contributed by atoms with Crippen LogP contribution in [0.15, 0.2) is 23.2 Å². The molecule has 1 saturated carbocycles. The summed E-state index contributed by atoms with van der Waals surface area (Å²) in [7, 11) is 1.65. The van der Waals surface area contributed by atoms with Gasteiger partial charge in [-0.15, -0.1) is 0 Å². The van der Waals surface area contributed by atoms with Crippen LogP contribution in [-0.2, 0) is 5.75 Å². The fourth-order valence-corrected chi connectivity index (χ4v) is 2.38. The molecule has 0 aliphatic heterocycles. The van der Waals surface area contributed by atoms with Gasteiger partial charge < -0.3 is 10.5 Å². The molecule has 0 aromatic heterocycles. The van der Waals surface area contributed by atoms with Gasteiger partial charge in [0.15, 0.2) is 5.17 Å². The van der Waals surface area contributed by atoms with Crippen molar-refractivity contribution in [3.8, 4) is 5.75 Å². The number of nitrogens with zero attached hydrogens (tertiary/aromatic N) is 1. The molecule has 1 aromatic rings. The lowest BCUT2D eigenvalue weighted by atomic mass is 10.2. The standard InChI is InChI=1S/C12H15ClN2OS/c1-16-11-5-2-9(13)6-8(11)7-17-12(14)15-10-3-4-10/h2,5-6,10H,3-4,7H2,1H3,(H2,14,15). The second kappa shape index (κ2) is 5.65. The van der Waals surface area contributed by atoms with Crippen molar-refractivity contribution in [1.29, 1.82) is 0 Å². The van der Waals surface area contributed by atoms with Crippen molar-refractivity contribution in [3.63, 3.8) is 0 Å². The van der Waals surface area contributed by atoms with Crippen LogP contribution in [0.3, 0.4) is 0 Å². The number of halogens is 1. The monoisotopic (exact) mass is 270 g/mol. The number of amidine groups is 1. The minimum absolute atomic E-state index is 0.462. The van der Waals surface area contributed by atoms with Crippen LogP contribution in [0.5, 0.6) is 5.75 Å². The number of thioether (sulfide) groups is 1. The summed E-state index contributed by atoms with van der Waals surface area (Å²) in [6, 6.07) is 6.05. The minimum atomic E-state index is 0.462. The molecule has 3 nitrogen and oxygen atoms in total. The molecule has 0 radical (unpaired) electrons. The van der Waals surface area contributed by atoms with Crippen LogP contribution in [-0.4, -0.2) is 18.3 Å². The fourth-order valence-electron chi connectivity index (χ4n) is 1.43. The van der Waals surface area contributed by atoms with Gasteiger partial charge in [0.1, 0.15) is 5.75 Å². The summed E-state index contributed by atoms with van der Waals surface area (Å²) in [4.78, 5) is 4.37. The molecular formula is C12H15ClN2OS. The SMILES string of the molecule is COc1ccc(Cl)cc1CSC(N)=NC1CC1. The van der Waals surface area contributed by atoms with E-state index < -0.39 is 0 Å². The first-order valence-electron chi connectivity index (χ1n) is 5.47. The van der Waals surface area contributed by atoms with Crippen LogP contribution in [0.4, 0.5) is 0 Å². The van der Waals surface area contributed by atoms with E-state index in [1.54, 1.807) is 7.11 Å². The lowest BCUT2D eigenvalue weighted by molar-refractivity contribution is 0.411. The number of aliphatic imine (C=N–C) groups is 1. The Balaban J connectivity index is 1.99. The third kappa shape index (κ3) is 3.82. The summed E-state index contributed by atoms with van der Waals surface area (Å²) in [6.07, 6.45) is 2.34. The van der Waals surface area contributed by atoms with Crippen LogP contribution >= 0.6 is 23.4 Å². The number of rotatable bonds is 4. The summed E-state index contributed by atoms with van der Waals surface area (Å²) < 4.78 is 5.27. The first-order chi connectivity index (χ1) is 8.19. The maximum absolute atomic E-state index is 5.96. The zero-order chi connectivity index (χ0) is 12.3. The van der Waals surface area contributed by atoms with Gasteiger partial charge in [0, 0.05) is 16.3 Å². The van der Waals surface area contributed by atoms with Crippen LogP contribution < -0.4 is 10.5 Å². The highest BCUT2D eigenvalue weighted by Gasteiger charge is 2.20. The fraction of sp³-hybridized carbons (Fsp3) is 0.417. The Morgan fingerprint density at radius 2 is 2.35 bits per heavy atom. The number of hydrogen-bond acceptors (Lipinski definition) is 3. The maximum atomic E-state index is 5.96. The van der Waals surface area contributed by atoms with Crippen molar-refractivity contribution in [1.82, 2.24) is 0 Å². The van der Waals surface area contributed by atoms with Crippen molar-refractivity contribution in [2.75, 3.05) is 7.11 Å². The number of nitrogens with two attached hydrogens (primary N) is 1. The Morgan fingerprint density at radius 1 is 1.59 bits per heavy atom. The first-order valence-corrected chi connectivity index (χ1v) is 6.84. The molecule has 2 N–H and O–H groups in total. The van der Waals surface area contributed by atoms with Gasteiger partial charge in [-0.25, -0.2) is 0 Å². The Kier molecular flexibility index (Phi) is 4.18. The van der Waals surface area contributed by atoms with Gasteiger partial charge in [0.25, 0.3) is 0 Å². The van der Waals surface area contributed by atoms with E-state index in [1.165, 1.54) is 24.6 Å². The van der Waals surface area contributed by atoms with Gasteiger partial charge in [-0.2, -0.15) is 0 Å². The van der Waals surface area contributed by atoms with Crippen LogP contribution in [0.25, 0.3) is 0 Å². The summed E-state index contributed by atoms with van der Waals surface area (Å²) in [5, 5.41) is 1.36. The van der Waals surface area contributed by atoms with E-state index in [2.05, 4.69) is 4.99 Å². The van der Waals surface area contributed by atoms with Crippen LogP contribution in [0.2, 0.25) is 5.02 Å². The predicted octanol–water partition coefficient (Wildman–Crippen LogP) is 3.06. The molecule has 1 aromatic carbocycles. The van der Waals surface area contributed by atoms with Crippen molar-refractivity contribution in [2.24, 2.45) is 10.7 Å². The Morgan fingerprint density at radius 3 is 3.00 bits per heavy atom. The summed E-state index contributed by atoms with van der Waals surface area (Å²) >= 11 is 7.48. The highest BCUT2D eigenvalue weighted by molar-refractivity contribution is 8.13. The highest BCUT2D eigenvalue weighted by atomic mass is 35.5. The molecule has 5 heteroatoms. The van der Waals surface area contributed by atoms with Crippen molar-refractivity contribution in [3.05, 3.63) is 28.8 Å². The zero-order valence-electron chi connectivity index (χ0n) is 9.65. The molecule has 92 valence electrons. The van der Waals surface area contributed by atoms with Gasteiger partial charge in [-0.05, 0) is 31.0 Å². The quantitative estimate of drug-likeness (QED) is 0.676. The number of benzene rings is 1. The van der Waals surface area contributed by atoms with Crippen LogP contribution in [0.1, 0.15) is 18.4 Å². The van der Waals surface area contributed by atoms with E-state index >= 15 is 0 Å². The van der Waals surface area contributed by atoms with Crippen LogP contribution in [0, 0.1) is 0 Å². The van der Waals surface area contributed by atoms with E-state index in [9.17, 15) is 0 Å². The molecule has 0 bridgehead atoms. The highest BCUT2D eigenvalue weighted by Crippen LogP contribution is 2.28. The minimum Gasteiger partial charge on any atom is -0.496 e. The third-order valence-corrected chi connectivity index (χ3v) is 3.57. The topological polar surface area (TPSA) is 47.6 Å². The molecule has 1 fully saturated rings. The molecule has 1 aliphatic rings. The predicted molar refractivity (Wildman–Crippen MR) is 73.9 cm³/mol. The summed E-state index contributed by atoms with van der Waals surface area (Å²) in [5.74, 6) is 1.56. The maximum Gasteiger partial charge on any atom is 0.154 e. The largest absolute Gasteiger partial charge is 0.496 e. The van der Waals surface area contributed by atoms with Gasteiger partial charge in [-0.3, -0.25) is 4.99 Å². The van der Waals surface area contributed by atoms with Gasteiger partial charge in [0.05, 0.1) is 13.2 Å². The molecular weight excluding hydrogens is 256 g/mol. The molecule has 0 spiro atoms. The second-order valence-corrected chi connectivity index (χ2v) is 5.38. The zero-order valence-corrected chi connectivity index (χ0v) is 11.2. The molecule has 0 amide bonds. The molecule has 0 atom stereocenters. The molecule has 1 aliphatic carbocycles. The lowest BCUT2D eigenvalue weighted by Crippen LogP contribution is -2.08. The number of hydrogen-bond donors (Lipinski definition) is 1. The molecule has 2 rings (SSSR count). The summed E-state index contributed by atoms with van der Waals surface area (Å²) in [5.41, 5.74) is 6.87. The number of methoxy groups -OCH3 is 1. The van der Waals surface area contributed by atoms with E-state index in [-0.39, 0.29) is 0 Å². The van der Waals surface area contributed by atoms with Crippen molar-refractivity contribution < 1.29 is 4.74 Å². The van der Waals surface area contributed by atoms with E-state index in [1.807, 2.05) is 18.2 Å². The van der Waals surface area contributed by atoms with Crippen molar-refractivity contribution in [2.45, 2.75) is 24.6 Å². The number of ether oxygens (including phenoxy) is 1. The first kappa shape index (κ1) is 12.6. The molecule has 0 heterocycles. The smallest absolute Gasteiger partial charge is 0.154 e. The normalized spacial score (nSPS) is 16.0. The Hall–Kier alpha value is -0.870. The average molecular weight is 271 g/mol. The Labute approximate surface area is 110 Å². The molecule has 17 heavy (non-hydrogen) atoms. The molecule has 0 unspecified atom stereocenters. The third-order valence-electron chi connectivity index (χ3n) is 2.47. The van der Waals surface area contributed by atoms with Gasteiger partial charge in [0.2, 0.25) is 0 Å². The van der Waals surface area contributed by atoms with Gasteiger partial charge in [-0.1, -0.05) is 23.4 Å². The second-order valence-electron chi connectivity index (χ2n) is 3.94. The average Bonchev–Trinajstić information content (AvgIpc) is 3.10. The van der Waals surface area contributed by atoms with Crippen molar-refractivity contribution >= 4 is 28.5 Å².